The van der Waals surface area contributed by atoms with Crippen molar-refractivity contribution in [3.05, 3.63) is 57.3 Å². The molecule has 0 saturated carbocycles. The van der Waals surface area contributed by atoms with E-state index < -0.39 is 11.8 Å². The highest BCUT2D eigenvalue weighted by Crippen LogP contribution is 2.33. The van der Waals surface area contributed by atoms with Crippen LogP contribution in [0.1, 0.15) is 10.4 Å². The lowest BCUT2D eigenvalue weighted by atomic mass is 10.0. The average Bonchev–Trinajstić information content (AvgIpc) is 2.36. The Labute approximate surface area is 116 Å². The summed E-state index contributed by atoms with van der Waals surface area (Å²) in [5, 5.41) is 8.79. The van der Waals surface area contributed by atoms with E-state index in [0.717, 1.165) is 0 Å². The highest BCUT2D eigenvalue weighted by Gasteiger charge is 2.12. The maximum atomic E-state index is 13.9. The van der Waals surface area contributed by atoms with Crippen LogP contribution in [-0.4, -0.2) is 11.1 Å². The maximum absolute atomic E-state index is 13.9. The van der Waals surface area contributed by atoms with Crippen LogP contribution in [0.15, 0.2) is 40.9 Å². The summed E-state index contributed by atoms with van der Waals surface area (Å²) in [5.41, 5.74) is 1.06. The van der Waals surface area contributed by atoms with Gasteiger partial charge in [0.05, 0.1) is 10.6 Å². The topological polar surface area (TPSA) is 37.3 Å². The van der Waals surface area contributed by atoms with E-state index in [0.29, 0.717) is 15.6 Å². The van der Waals surface area contributed by atoms with Crippen molar-refractivity contribution in [3.8, 4) is 11.1 Å². The minimum atomic E-state index is -1.02. The first-order valence-corrected chi connectivity index (χ1v) is 6.15. The highest BCUT2D eigenvalue weighted by atomic mass is 79.9. The first kappa shape index (κ1) is 13.1. The molecule has 0 heterocycles. The zero-order chi connectivity index (χ0) is 13.3. The number of aromatic carboxylic acids is 1. The van der Waals surface area contributed by atoms with Gasteiger partial charge in [0.25, 0.3) is 0 Å². The molecule has 0 aliphatic carbocycles. The van der Waals surface area contributed by atoms with E-state index in [1.165, 1.54) is 12.1 Å². The minimum absolute atomic E-state index is 0.00908. The number of hydrogen-bond acceptors (Lipinski definition) is 1. The average molecular weight is 330 g/mol. The molecule has 92 valence electrons. The van der Waals surface area contributed by atoms with Gasteiger partial charge in [-0.1, -0.05) is 29.8 Å². The van der Waals surface area contributed by atoms with Crippen molar-refractivity contribution in [3.63, 3.8) is 0 Å². The van der Waals surface area contributed by atoms with E-state index in [1.54, 1.807) is 24.3 Å². The fourth-order valence-electron chi connectivity index (χ4n) is 1.54. The van der Waals surface area contributed by atoms with E-state index >= 15 is 0 Å². The number of hydrogen-bond donors (Lipinski definition) is 1. The molecule has 0 aliphatic heterocycles. The molecule has 0 saturated heterocycles. The van der Waals surface area contributed by atoms with Crippen LogP contribution in [0, 0.1) is 5.82 Å². The van der Waals surface area contributed by atoms with E-state index in [9.17, 15) is 9.18 Å². The Balaban J connectivity index is 2.49. The van der Waals surface area contributed by atoms with Gasteiger partial charge in [0.2, 0.25) is 0 Å². The van der Waals surface area contributed by atoms with Crippen molar-refractivity contribution >= 4 is 33.5 Å². The van der Waals surface area contributed by atoms with Gasteiger partial charge < -0.3 is 5.11 Å². The molecule has 2 rings (SSSR count). The second-order valence-electron chi connectivity index (χ2n) is 3.61. The molecule has 0 unspecified atom stereocenters. The zero-order valence-corrected chi connectivity index (χ0v) is 11.3. The second-order valence-corrected chi connectivity index (χ2v) is 4.84. The molecule has 0 fully saturated rings. The smallest absolute Gasteiger partial charge is 0.335 e. The van der Waals surface area contributed by atoms with Crippen LogP contribution in [-0.2, 0) is 0 Å². The first-order chi connectivity index (χ1) is 8.50. The number of rotatable bonds is 2. The number of carboxylic acid groups (broad SMARTS) is 1. The molecule has 18 heavy (non-hydrogen) atoms. The summed E-state index contributed by atoms with van der Waals surface area (Å²) in [6, 6.07) is 9.17. The molecular formula is C13H7BrClFO2. The Morgan fingerprint density at radius 1 is 1.17 bits per heavy atom. The van der Waals surface area contributed by atoms with Crippen LogP contribution in [0.3, 0.4) is 0 Å². The number of carboxylic acids is 1. The van der Waals surface area contributed by atoms with Gasteiger partial charge in [-0.2, -0.15) is 0 Å². The molecule has 0 aromatic heterocycles. The first-order valence-electron chi connectivity index (χ1n) is 4.98. The standard InChI is InChI=1S/C13H7BrClFO2/c14-10-6-5-9(12(16)11(10)15)7-1-3-8(4-2-7)13(17)18/h1-6H,(H,17,18). The molecule has 2 aromatic rings. The van der Waals surface area contributed by atoms with E-state index in [-0.39, 0.29) is 10.6 Å². The molecule has 0 spiro atoms. The van der Waals surface area contributed by atoms with Gasteiger partial charge in [-0.15, -0.1) is 0 Å². The SMILES string of the molecule is O=C(O)c1ccc(-c2ccc(Br)c(Cl)c2F)cc1. The Bertz CT molecular complexity index is 611. The molecule has 0 aliphatic rings. The Kier molecular flexibility index (Phi) is 3.68. The minimum Gasteiger partial charge on any atom is -0.478 e. The Morgan fingerprint density at radius 2 is 1.78 bits per heavy atom. The summed E-state index contributed by atoms with van der Waals surface area (Å²) in [6.07, 6.45) is 0. The Hall–Kier alpha value is -1.39. The summed E-state index contributed by atoms with van der Waals surface area (Å²) < 4.78 is 14.4. The quantitative estimate of drug-likeness (QED) is 0.817. The fourth-order valence-corrected chi connectivity index (χ4v) is 2.01. The third kappa shape index (κ3) is 2.40. The van der Waals surface area contributed by atoms with Crippen molar-refractivity contribution in [2.75, 3.05) is 0 Å². The van der Waals surface area contributed by atoms with E-state index in [2.05, 4.69) is 15.9 Å². The predicted molar refractivity (Wildman–Crippen MR) is 71.5 cm³/mol. The molecule has 0 bridgehead atoms. The maximum Gasteiger partial charge on any atom is 0.335 e. The molecule has 1 N–H and O–H groups in total. The number of carbonyl (C=O) groups is 1. The van der Waals surface area contributed by atoms with Crippen LogP contribution in [0.2, 0.25) is 5.02 Å². The van der Waals surface area contributed by atoms with Gasteiger partial charge in [0, 0.05) is 10.0 Å². The summed E-state index contributed by atoms with van der Waals surface area (Å²) in [6.45, 7) is 0. The normalized spacial score (nSPS) is 10.4. The lowest BCUT2D eigenvalue weighted by molar-refractivity contribution is 0.0697. The largest absolute Gasteiger partial charge is 0.478 e. The van der Waals surface area contributed by atoms with Crippen molar-refractivity contribution in [1.29, 1.82) is 0 Å². The van der Waals surface area contributed by atoms with Crippen LogP contribution in [0.4, 0.5) is 4.39 Å². The number of benzene rings is 2. The molecule has 0 amide bonds. The Morgan fingerprint density at radius 3 is 2.33 bits per heavy atom. The van der Waals surface area contributed by atoms with Crippen LogP contribution in [0.5, 0.6) is 0 Å². The summed E-state index contributed by atoms with van der Waals surface area (Å²) in [5.74, 6) is -1.55. The lowest BCUT2D eigenvalue weighted by Crippen LogP contribution is -1.95. The second kappa shape index (κ2) is 5.08. The summed E-state index contributed by atoms with van der Waals surface area (Å²) in [7, 11) is 0. The van der Waals surface area contributed by atoms with Crippen molar-refractivity contribution < 1.29 is 14.3 Å². The monoisotopic (exact) mass is 328 g/mol. The van der Waals surface area contributed by atoms with Gasteiger partial charge in [-0.3, -0.25) is 0 Å². The third-order valence-electron chi connectivity index (χ3n) is 2.48. The van der Waals surface area contributed by atoms with Gasteiger partial charge in [-0.25, -0.2) is 9.18 Å². The fraction of sp³-hybridized carbons (Fsp3) is 0. The number of halogens is 3. The van der Waals surface area contributed by atoms with Crippen molar-refractivity contribution in [2.45, 2.75) is 0 Å². The lowest BCUT2D eigenvalue weighted by Gasteiger charge is -2.06. The van der Waals surface area contributed by atoms with Crippen LogP contribution >= 0.6 is 27.5 Å². The van der Waals surface area contributed by atoms with Gasteiger partial charge in [0.15, 0.2) is 5.82 Å². The van der Waals surface area contributed by atoms with E-state index in [1.807, 2.05) is 0 Å². The molecule has 0 atom stereocenters. The molecule has 2 nitrogen and oxygen atoms in total. The molecule has 5 heteroatoms. The van der Waals surface area contributed by atoms with Gasteiger partial charge in [0.1, 0.15) is 0 Å². The van der Waals surface area contributed by atoms with Crippen LogP contribution < -0.4 is 0 Å². The third-order valence-corrected chi connectivity index (χ3v) is 3.74. The summed E-state index contributed by atoms with van der Waals surface area (Å²) in [4.78, 5) is 10.7. The summed E-state index contributed by atoms with van der Waals surface area (Å²) >= 11 is 8.93. The molecule has 0 radical (unpaired) electrons. The molecule has 2 aromatic carbocycles. The van der Waals surface area contributed by atoms with Crippen molar-refractivity contribution in [2.24, 2.45) is 0 Å². The van der Waals surface area contributed by atoms with Gasteiger partial charge in [-0.05, 0) is 39.7 Å². The van der Waals surface area contributed by atoms with Gasteiger partial charge >= 0.3 is 5.97 Å². The molecular weight excluding hydrogens is 322 g/mol. The van der Waals surface area contributed by atoms with Crippen molar-refractivity contribution in [1.82, 2.24) is 0 Å². The predicted octanol–water partition coefficient (Wildman–Crippen LogP) is 4.61. The highest BCUT2D eigenvalue weighted by molar-refractivity contribution is 9.10. The van der Waals surface area contributed by atoms with Crippen LogP contribution in [0.25, 0.3) is 11.1 Å². The van der Waals surface area contributed by atoms with E-state index in [4.69, 9.17) is 16.7 Å². The zero-order valence-electron chi connectivity index (χ0n) is 8.95.